The van der Waals surface area contributed by atoms with Crippen LogP contribution in [0.15, 0.2) is 0 Å². The normalized spacial score (nSPS) is 61.8. The number of ether oxygens (including phenoxy) is 2. The van der Waals surface area contributed by atoms with Gasteiger partial charge in [0.1, 0.15) is 0 Å². The van der Waals surface area contributed by atoms with Crippen LogP contribution >= 0.6 is 0 Å². The summed E-state index contributed by atoms with van der Waals surface area (Å²) < 4.78 is 11.9. The van der Waals surface area contributed by atoms with Crippen molar-refractivity contribution in [1.29, 1.82) is 0 Å². The van der Waals surface area contributed by atoms with Gasteiger partial charge in [0.25, 0.3) is 0 Å². The summed E-state index contributed by atoms with van der Waals surface area (Å²) in [5.41, 5.74) is -0.608. The van der Waals surface area contributed by atoms with Crippen LogP contribution in [0.4, 0.5) is 0 Å². The molecule has 0 amide bonds. The van der Waals surface area contributed by atoms with Gasteiger partial charge in [-0.2, -0.15) is 0 Å². The smallest absolute Gasteiger partial charge is 0.201 e. The fourth-order valence-electron chi connectivity index (χ4n) is 4.88. The molecule has 4 heterocycles. The molecule has 1 aliphatic carbocycles. The largest absolute Gasteiger partial charge is 0.368 e. The molecule has 4 saturated heterocycles. The van der Waals surface area contributed by atoms with Crippen molar-refractivity contribution in [3.8, 4) is 0 Å². The Hall–Kier alpha value is -0.200. The molecule has 7 atom stereocenters. The monoisotopic (exact) mass is 284 g/mol. The number of aliphatic hydroxyl groups excluding tert-OH is 1. The van der Waals surface area contributed by atoms with Crippen LogP contribution < -0.4 is 0 Å². The van der Waals surface area contributed by atoms with Gasteiger partial charge in [-0.15, -0.1) is 0 Å². The molecular formula is C15H24O5. The molecule has 5 fully saturated rings. The number of aliphatic hydroxyl groups is 1. The Kier molecular flexibility index (Phi) is 2.66. The van der Waals surface area contributed by atoms with E-state index in [0.29, 0.717) is 0 Å². The lowest BCUT2D eigenvalue weighted by Crippen LogP contribution is -2.72. The molecule has 1 N–H and O–H groups in total. The third kappa shape index (κ3) is 1.45. The molecule has 5 rings (SSSR count). The van der Waals surface area contributed by atoms with E-state index in [1.165, 1.54) is 0 Å². The lowest BCUT2D eigenvalue weighted by molar-refractivity contribution is -0.581. The molecule has 5 nitrogen and oxygen atoms in total. The van der Waals surface area contributed by atoms with E-state index >= 15 is 0 Å². The van der Waals surface area contributed by atoms with Crippen molar-refractivity contribution >= 4 is 0 Å². The maximum absolute atomic E-state index is 10.2. The van der Waals surface area contributed by atoms with E-state index in [9.17, 15) is 5.11 Å². The molecule has 4 aliphatic heterocycles. The highest BCUT2D eigenvalue weighted by atomic mass is 17.3. The number of hydrogen-bond acceptors (Lipinski definition) is 5. The Bertz CT molecular complexity index is 428. The van der Waals surface area contributed by atoms with Crippen molar-refractivity contribution in [2.45, 2.75) is 76.8 Å². The SMILES string of the molecule is C[C@@H]1C2CCC[C@]3(C)CC[C@]4(C)OO[C@@]23[C@H](O[C@@H]1O)O4. The van der Waals surface area contributed by atoms with Crippen LogP contribution in [0.1, 0.15) is 52.9 Å². The van der Waals surface area contributed by atoms with Crippen LogP contribution in [-0.2, 0) is 19.2 Å². The van der Waals surface area contributed by atoms with E-state index in [2.05, 4.69) is 6.92 Å². The molecule has 5 aliphatic rings. The maximum atomic E-state index is 10.2. The van der Waals surface area contributed by atoms with Gasteiger partial charge in [-0.3, -0.25) is 0 Å². The Labute approximate surface area is 119 Å². The molecule has 0 aromatic heterocycles. The minimum atomic E-state index is -0.787. The first-order valence-electron chi connectivity index (χ1n) is 7.78. The molecule has 114 valence electrons. The Morgan fingerprint density at radius 3 is 2.70 bits per heavy atom. The number of fused-ring (bicyclic) bond motifs is 2. The van der Waals surface area contributed by atoms with Crippen LogP contribution in [0.25, 0.3) is 0 Å². The molecule has 0 aromatic carbocycles. The average molecular weight is 284 g/mol. The fourth-order valence-corrected chi connectivity index (χ4v) is 4.88. The van der Waals surface area contributed by atoms with Gasteiger partial charge >= 0.3 is 0 Å². The summed E-state index contributed by atoms with van der Waals surface area (Å²) in [6, 6.07) is 0. The van der Waals surface area contributed by atoms with E-state index in [0.717, 1.165) is 32.1 Å². The summed E-state index contributed by atoms with van der Waals surface area (Å²) in [6.45, 7) is 6.20. The second-order valence-electron chi connectivity index (χ2n) is 7.49. The highest BCUT2D eigenvalue weighted by molar-refractivity contribution is 5.12. The van der Waals surface area contributed by atoms with E-state index < -0.39 is 24.0 Å². The van der Waals surface area contributed by atoms with Gasteiger partial charge in [-0.05, 0) is 26.2 Å². The lowest BCUT2D eigenvalue weighted by Gasteiger charge is -2.62. The highest BCUT2D eigenvalue weighted by Crippen LogP contribution is 2.64. The molecule has 1 saturated carbocycles. The Morgan fingerprint density at radius 1 is 1.10 bits per heavy atom. The van der Waals surface area contributed by atoms with Crippen molar-refractivity contribution in [3.63, 3.8) is 0 Å². The summed E-state index contributed by atoms with van der Waals surface area (Å²) in [6.07, 6.45) is 3.75. The number of rotatable bonds is 0. The predicted octanol–water partition coefficient (Wildman–Crippen LogP) is 2.33. The van der Waals surface area contributed by atoms with Gasteiger partial charge in [0.05, 0.1) is 0 Å². The minimum absolute atomic E-state index is 0.0246. The van der Waals surface area contributed by atoms with Gasteiger partial charge in [0.15, 0.2) is 18.2 Å². The van der Waals surface area contributed by atoms with Gasteiger partial charge in [-0.25, -0.2) is 9.78 Å². The van der Waals surface area contributed by atoms with Crippen molar-refractivity contribution in [3.05, 3.63) is 0 Å². The van der Waals surface area contributed by atoms with Gasteiger partial charge in [-0.1, -0.05) is 20.3 Å². The zero-order valence-corrected chi connectivity index (χ0v) is 12.4. The van der Waals surface area contributed by atoms with E-state index in [-0.39, 0.29) is 17.3 Å². The summed E-state index contributed by atoms with van der Waals surface area (Å²) >= 11 is 0. The van der Waals surface area contributed by atoms with Crippen molar-refractivity contribution < 1.29 is 24.4 Å². The summed E-state index contributed by atoms with van der Waals surface area (Å²) in [7, 11) is 0. The first-order chi connectivity index (χ1) is 9.40. The van der Waals surface area contributed by atoms with Crippen molar-refractivity contribution in [2.24, 2.45) is 17.3 Å². The molecule has 0 radical (unpaired) electrons. The zero-order valence-electron chi connectivity index (χ0n) is 12.4. The first-order valence-corrected chi connectivity index (χ1v) is 7.78. The highest BCUT2D eigenvalue weighted by Gasteiger charge is 2.72. The van der Waals surface area contributed by atoms with Crippen LogP contribution in [-0.4, -0.2) is 29.1 Å². The number of hydrogen-bond donors (Lipinski definition) is 1. The summed E-state index contributed by atoms with van der Waals surface area (Å²) in [5.74, 6) is -0.528. The second kappa shape index (κ2) is 3.96. The Balaban J connectivity index is 1.86. The molecule has 0 aromatic rings. The molecule has 5 heteroatoms. The molecular weight excluding hydrogens is 260 g/mol. The topological polar surface area (TPSA) is 57.2 Å². The molecule has 2 bridgehead atoms. The molecule has 20 heavy (non-hydrogen) atoms. The summed E-state index contributed by atoms with van der Waals surface area (Å²) in [4.78, 5) is 11.7. The van der Waals surface area contributed by atoms with Gasteiger partial charge in [0.2, 0.25) is 5.79 Å². The van der Waals surface area contributed by atoms with Crippen LogP contribution in [0.2, 0.25) is 0 Å². The quantitative estimate of drug-likeness (QED) is 0.692. The third-order valence-electron chi connectivity index (χ3n) is 6.28. The van der Waals surface area contributed by atoms with Gasteiger partial charge < -0.3 is 14.6 Å². The third-order valence-corrected chi connectivity index (χ3v) is 6.28. The van der Waals surface area contributed by atoms with Crippen LogP contribution in [0, 0.1) is 17.3 Å². The average Bonchev–Trinajstić information content (AvgIpc) is 2.58. The second-order valence-corrected chi connectivity index (χ2v) is 7.49. The van der Waals surface area contributed by atoms with E-state index in [4.69, 9.17) is 19.2 Å². The lowest BCUT2D eigenvalue weighted by atomic mass is 9.54. The van der Waals surface area contributed by atoms with Gasteiger partial charge in [0, 0.05) is 23.7 Å². The Morgan fingerprint density at radius 2 is 1.90 bits per heavy atom. The van der Waals surface area contributed by atoms with E-state index in [1.807, 2.05) is 13.8 Å². The maximum Gasteiger partial charge on any atom is 0.201 e. The fraction of sp³-hybridized carbons (Fsp3) is 1.00. The zero-order chi connectivity index (χ0) is 14.2. The summed E-state index contributed by atoms with van der Waals surface area (Å²) in [5, 5.41) is 10.2. The van der Waals surface area contributed by atoms with Crippen molar-refractivity contribution in [1.82, 2.24) is 0 Å². The van der Waals surface area contributed by atoms with Crippen LogP contribution in [0.3, 0.4) is 0 Å². The van der Waals surface area contributed by atoms with Crippen LogP contribution in [0.5, 0.6) is 0 Å². The first kappa shape index (κ1) is 13.5. The molecule has 1 unspecified atom stereocenters. The molecule has 1 spiro atoms. The standard InChI is InChI=1S/C15H24O5/c1-9-10-5-4-6-13(2)7-8-14(3)18-12(17-11(9)16)15(10,13)20-19-14/h9-12,16H,4-8H2,1-3H3/t9-,10?,11+,12-,13-,14+,15-/m1/s1. The minimum Gasteiger partial charge on any atom is -0.368 e. The predicted molar refractivity (Wildman–Crippen MR) is 69.1 cm³/mol. The van der Waals surface area contributed by atoms with Crippen molar-refractivity contribution in [2.75, 3.05) is 0 Å². The van der Waals surface area contributed by atoms with E-state index in [1.54, 1.807) is 0 Å².